The van der Waals surface area contributed by atoms with Gasteiger partial charge in [0.05, 0.1) is 0 Å². The van der Waals surface area contributed by atoms with Crippen molar-refractivity contribution in [1.29, 1.82) is 0 Å². The Kier molecular flexibility index (Phi) is 6.81. The molecule has 36 heavy (non-hydrogen) atoms. The minimum absolute atomic E-state index is 0.108. The van der Waals surface area contributed by atoms with Crippen LogP contribution >= 0.6 is 0 Å². The zero-order valence-corrected chi connectivity index (χ0v) is 21.2. The van der Waals surface area contributed by atoms with Gasteiger partial charge in [0.1, 0.15) is 5.82 Å². The highest BCUT2D eigenvalue weighted by Crippen LogP contribution is 2.29. The Morgan fingerprint density at radius 2 is 1.53 bits per heavy atom. The number of benzene rings is 3. The number of aromatic nitrogens is 2. The number of aryl methyl sites for hydroxylation is 3. The second kappa shape index (κ2) is 10.3. The summed E-state index contributed by atoms with van der Waals surface area (Å²) in [4.78, 5) is 27.5. The molecule has 2 heterocycles. The number of hydrogen-bond donors (Lipinski definition) is 0. The van der Waals surface area contributed by atoms with Crippen molar-refractivity contribution in [3.63, 3.8) is 0 Å². The Labute approximate surface area is 213 Å². The maximum absolute atomic E-state index is 13.2. The second-order valence-electron chi connectivity index (χ2n) is 9.56. The van der Waals surface area contributed by atoms with Crippen LogP contribution in [-0.4, -0.2) is 47.0 Å². The van der Waals surface area contributed by atoms with Crippen molar-refractivity contribution in [3.05, 3.63) is 112 Å². The maximum Gasteiger partial charge on any atom is 0.254 e. The predicted molar refractivity (Wildman–Crippen MR) is 145 cm³/mol. The van der Waals surface area contributed by atoms with Crippen LogP contribution in [0.5, 0.6) is 0 Å². The highest BCUT2D eigenvalue weighted by atomic mass is 16.2. The van der Waals surface area contributed by atoms with Gasteiger partial charge in [-0.25, -0.2) is 9.97 Å². The Morgan fingerprint density at radius 3 is 2.25 bits per heavy atom. The van der Waals surface area contributed by atoms with Crippen LogP contribution < -0.4 is 4.90 Å². The van der Waals surface area contributed by atoms with E-state index < -0.39 is 0 Å². The van der Waals surface area contributed by atoms with Crippen LogP contribution in [0.3, 0.4) is 0 Å². The molecule has 0 saturated carbocycles. The number of amides is 1. The van der Waals surface area contributed by atoms with Crippen molar-refractivity contribution in [2.45, 2.75) is 27.2 Å². The van der Waals surface area contributed by atoms with E-state index in [-0.39, 0.29) is 5.91 Å². The summed E-state index contributed by atoms with van der Waals surface area (Å²) in [5.41, 5.74) is 7.47. The summed E-state index contributed by atoms with van der Waals surface area (Å²) in [5.74, 6) is 1.83. The Balaban J connectivity index is 1.45. The fourth-order valence-corrected chi connectivity index (χ4v) is 4.90. The van der Waals surface area contributed by atoms with Gasteiger partial charge in [0, 0.05) is 55.0 Å². The SMILES string of the molecule is Cc1cccc(Cc2c(C)nc(-c3ccccc3)nc2N2CCN(C(=O)c3ccccc3C)CC2)c1. The third-order valence-corrected chi connectivity index (χ3v) is 6.93. The largest absolute Gasteiger partial charge is 0.353 e. The van der Waals surface area contributed by atoms with Crippen molar-refractivity contribution in [3.8, 4) is 11.4 Å². The molecule has 5 heteroatoms. The monoisotopic (exact) mass is 476 g/mol. The molecule has 1 aromatic heterocycles. The summed E-state index contributed by atoms with van der Waals surface area (Å²) in [7, 11) is 0. The average Bonchev–Trinajstić information content (AvgIpc) is 2.90. The van der Waals surface area contributed by atoms with Crippen molar-refractivity contribution < 1.29 is 4.79 Å². The summed E-state index contributed by atoms with van der Waals surface area (Å²) in [6.07, 6.45) is 0.778. The van der Waals surface area contributed by atoms with E-state index in [9.17, 15) is 4.79 Å². The molecular weight excluding hydrogens is 444 g/mol. The summed E-state index contributed by atoms with van der Waals surface area (Å²) >= 11 is 0. The topological polar surface area (TPSA) is 49.3 Å². The number of carbonyl (C=O) groups excluding carboxylic acids is 1. The Morgan fingerprint density at radius 1 is 0.806 bits per heavy atom. The van der Waals surface area contributed by atoms with Gasteiger partial charge < -0.3 is 9.80 Å². The number of piperazine rings is 1. The van der Waals surface area contributed by atoms with Crippen molar-refractivity contribution in [1.82, 2.24) is 14.9 Å². The lowest BCUT2D eigenvalue weighted by Gasteiger charge is -2.37. The molecule has 0 N–H and O–H groups in total. The lowest BCUT2D eigenvalue weighted by Crippen LogP contribution is -2.49. The summed E-state index contributed by atoms with van der Waals surface area (Å²) in [6, 6.07) is 26.6. The van der Waals surface area contributed by atoms with E-state index in [1.165, 1.54) is 11.1 Å². The lowest BCUT2D eigenvalue weighted by molar-refractivity contribution is 0.0745. The van der Waals surface area contributed by atoms with Crippen molar-refractivity contribution in [2.24, 2.45) is 0 Å². The van der Waals surface area contributed by atoms with E-state index in [4.69, 9.17) is 9.97 Å². The van der Waals surface area contributed by atoms with Gasteiger partial charge in [-0.3, -0.25) is 4.79 Å². The van der Waals surface area contributed by atoms with Crippen molar-refractivity contribution >= 4 is 11.7 Å². The molecule has 1 aliphatic rings. The van der Waals surface area contributed by atoms with E-state index in [1.54, 1.807) is 0 Å². The van der Waals surface area contributed by atoms with E-state index in [2.05, 4.69) is 55.1 Å². The molecule has 0 atom stereocenters. The molecule has 0 spiro atoms. The first kappa shape index (κ1) is 23.7. The van der Waals surface area contributed by atoms with Gasteiger partial charge in [0.15, 0.2) is 5.82 Å². The number of anilines is 1. The number of rotatable bonds is 5. The van der Waals surface area contributed by atoms with Crippen LogP contribution in [0.15, 0.2) is 78.9 Å². The molecule has 0 radical (unpaired) electrons. The third kappa shape index (κ3) is 5.01. The average molecular weight is 477 g/mol. The van der Waals surface area contributed by atoms with Crippen LogP contribution in [0.1, 0.15) is 38.3 Å². The third-order valence-electron chi connectivity index (χ3n) is 6.93. The van der Waals surface area contributed by atoms with Gasteiger partial charge in [-0.2, -0.15) is 0 Å². The Hall–Kier alpha value is -3.99. The number of carbonyl (C=O) groups is 1. The molecule has 0 aliphatic carbocycles. The quantitative estimate of drug-likeness (QED) is 0.375. The predicted octanol–water partition coefficient (Wildman–Crippen LogP) is 5.62. The minimum Gasteiger partial charge on any atom is -0.353 e. The van der Waals surface area contributed by atoms with Crippen LogP contribution in [0.2, 0.25) is 0 Å². The lowest BCUT2D eigenvalue weighted by atomic mass is 10.0. The zero-order valence-electron chi connectivity index (χ0n) is 21.2. The molecule has 1 saturated heterocycles. The molecular formula is C31H32N4O. The minimum atomic E-state index is 0.108. The molecule has 0 bridgehead atoms. The zero-order chi connectivity index (χ0) is 25.1. The van der Waals surface area contributed by atoms with Gasteiger partial charge >= 0.3 is 0 Å². The smallest absolute Gasteiger partial charge is 0.254 e. The molecule has 0 unspecified atom stereocenters. The standard InChI is InChI=1S/C31H32N4O/c1-22-10-9-12-25(20-22)21-28-24(3)32-29(26-13-5-4-6-14-26)33-30(28)34-16-18-35(19-17-34)31(36)27-15-8-7-11-23(27)2/h4-15,20H,16-19,21H2,1-3H3. The molecule has 1 fully saturated rings. The van der Waals surface area contributed by atoms with Crippen LogP contribution in [0.4, 0.5) is 5.82 Å². The van der Waals surface area contributed by atoms with Crippen LogP contribution in [-0.2, 0) is 6.42 Å². The first-order valence-electron chi connectivity index (χ1n) is 12.6. The van der Waals surface area contributed by atoms with Gasteiger partial charge in [-0.15, -0.1) is 0 Å². The fourth-order valence-electron chi connectivity index (χ4n) is 4.90. The van der Waals surface area contributed by atoms with Gasteiger partial charge in [0.25, 0.3) is 5.91 Å². The van der Waals surface area contributed by atoms with E-state index >= 15 is 0 Å². The van der Waals surface area contributed by atoms with E-state index in [1.807, 2.05) is 54.3 Å². The number of nitrogens with zero attached hydrogens (tertiary/aromatic N) is 4. The maximum atomic E-state index is 13.2. The van der Waals surface area contributed by atoms with Gasteiger partial charge in [0.2, 0.25) is 0 Å². The highest BCUT2D eigenvalue weighted by molar-refractivity contribution is 5.95. The summed E-state index contributed by atoms with van der Waals surface area (Å²) < 4.78 is 0. The van der Waals surface area contributed by atoms with E-state index in [0.29, 0.717) is 13.1 Å². The molecule has 5 rings (SSSR count). The second-order valence-corrected chi connectivity index (χ2v) is 9.56. The van der Waals surface area contributed by atoms with Gasteiger partial charge in [-0.1, -0.05) is 78.4 Å². The Bertz CT molecular complexity index is 1370. The van der Waals surface area contributed by atoms with E-state index in [0.717, 1.165) is 59.1 Å². The van der Waals surface area contributed by atoms with Gasteiger partial charge in [-0.05, 0) is 38.0 Å². The van der Waals surface area contributed by atoms with Crippen molar-refractivity contribution in [2.75, 3.05) is 31.1 Å². The van der Waals surface area contributed by atoms with Crippen LogP contribution in [0, 0.1) is 20.8 Å². The number of hydrogen-bond acceptors (Lipinski definition) is 4. The first-order chi connectivity index (χ1) is 17.5. The highest BCUT2D eigenvalue weighted by Gasteiger charge is 2.26. The first-order valence-corrected chi connectivity index (χ1v) is 12.6. The van der Waals surface area contributed by atoms with Crippen LogP contribution in [0.25, 0.3) is 11.4 Å². The normalized spacial score (nSPS) is 13.6. The molecule has 182 valence electrons. The molecule has 1 amide bonds. The molecule has 3 aromatic carbocycles. The fraction of sp³-hybridized carbons (Fsp3) is 0.258. The molecule has 1 aliphatic heterocycles. The summed E-state index contributed by atoms with van der Waals surface area (Å²) in [6.45, 7) is 9.02. The molecule has 4 aromatic rings. The summed E-state index contributed by atoms with van der Waals surface area (Å²) in [5, 5.41) is 0. The molecule has 5 nitrogen and oxygen atoms in total.